The van der Waals surface area contributed by atoms with Crippen LogP contribution in [0.4, 0.5) is 0 Å². The van der Waals surface area contributed by atoms with Crippen LogP contribution < -0.4 is 0 Å². The third-order valence-corrected chi connectivity index (χ3v) is 9.19. The molecule has 3 aromatic carbocycles. The van der Waals surface area contributed by atoms with Crippen molar-refractivity contribution in [3.8, 4) is 0 Å². The van der Waals surface area contributed by atoms with Gasteiger partial charge in [0.1, 0.15) is 0 Å². The molecule has 188 valence electrons. The Morgan fingerprint density at radius 1 is 0.889 bits per heavy atom. The van der Waals surface area contributed by atoms with Gasteiger partial charge in [0.25, 0.3) is 0 Å². The molecule has 2 aliphatic heterocycles. The zero-order valence-electron chi connectivity index (χ0n) is 20.6. The Balaban J connectivity index is 1.20. The number of Topliss-reactive ketones (excluding diaryl/α,β-unsaturated/α-hetero) is 1. The molecular weight excluding hydrogens is 472 g/mol. The highest BCUT2D eigenvalue weighted by Gasteiger charge is 2.26. The fourth-order valence-corrected chi connectivity index (χ4v) is 6.48. The molecule has 0 spiro atoms. The number of nitrogens with zero attached hydrogens (tertiary/aromatic N) is 2. The number of hydrogen-bond donors (Lipinski definition) is 0. The van der Waals surface area contributed by atoms with E-state index in [9.17, 15) is 13.2 Å². The number of sulfonamides is 1. The maximum Gasteiger partial charge on any atom is 0.243 e. The van der Waals surface area contributed by atoms with Gasteiger partial charge >= 0.3 is 0 Å². The summed E-state index contributed by atoms with van der Waals surface area (Å²) in [5.41, 5.74) is 5.50. The quantitative estimate of drug-likeness (QED) is 0.450. The summed E-state index contributed by atoms with van der Waals surface area (Å²) in [6.07, 6.45) is 1.29. The minimum Gasteiger partial charge on any atom is -0.379 e. The predicted molar refractivity (Wildman–Crippen MR) is 139 cm³/mol. The van der Waals surface area contributed by atoms with Crippen LogP contribution >= 0.6 is 0 Å². The van der Waals surface area contributed by atoms with E-state index in [4.69, 9.17) is 4.74 Å². The van der Waals surface area contributed by atoms with Gasteiger partial charge in [0, 0.05) is 44.2 Å². The van der Waals surface area contributed by atoms with E-state index in [1.807, 2.05) is 24.3 Å². The van der Waals surface area contributed by atoms with Crippen LogP contribution in [-0.2, 0) is 34.1 Å². The molecule has 0 saturated carbocycles. The van der Waals surface area contributed by atoms with E-state index in [-0.39, 0.29) is 17.1 Å². The number of rotatable bonds is 7. The second kappa shape index (κ2) is 10.6. The number of carbonyl (C=O) groups is 1. The van der Waals surface area contributed by atoms with Crippen molar-refractivity contribution in [1.82, 2.24) is 9.21 Å². The van der Waals surface area contributed by atoms with E-state index in [0.717, 1.165) is 25.1 Å². The van der Waals surface area contributed by atoms with Crippen molar-refractivity contribution >= 4 is 15.8 Å². The molecule has 36 heavy (non-hydrogen) atoms. The highest BCUT2D eigenvalue weighted by molar-refractivity contribution is 7.89. The van der Waals surface area contributed by atoms with Crippen molar-refractivity contribution in [2.24, 2.45) is 0 Å². The van der Waals surface area contributed by atoms with Crippen molar-refractivity contribution in [2.75, 3.05) is 32.8 Å². The molecule has 6 nitrogen and oxygen atoms in total. The standard InChI is InChI=1S/C29H32N2O4S/c1-22-28-5-3-2-4-25(28)14-15-30(22)21-24-6-10-26(11-7-24)29(32)20-23-8-12-27(13-9-23)36(33,34)31-16-18-35-19-17-31/h2-13,22H,14-21H2,1H3. The largest absolute Gasteiger partial charge is 0.379 e. The first kappa shape index (κ1) is 24.8. The summed E-state index contributed by atoms with van der Waals surface area (Å²) in [6.45, 7) is 5.68. The van der Waals surface area contributed by atoms with E-state index in [1.54, 1.807) is 24.3 Å². The number of hydrogen-bond acceptors (Lipinski definition) is 5. The number of ketones is 1. The number of carbonyl (C=O) groups excluding carboxylic acids is 1. The SMILES string of the molecule is CC1c2ccccc2CCN1Cc1ccc(C(=O)Cc2ccc(S(=O)(=O)N3CCOCC3)cc2)cc1. The van der Waals surface area contributed by atoms with Gasteiger partial charge in [-0.2, -0.15) is 4.31 Å². The zero-order valence-corrected chi connectivity index (χ0v) is 21.4. The van der Waals surface area contributed by atoms with Gasteiger partial charge in [-0.25, -0.2) is 8.42 Å². The maximum atomic E-state index is 12.9. The molecule has 0 bridgehead atoms. The lowest BCUT2D eigenvalue weighted by atomic mass is 9.93. The average molecular weight is 505 g/mol. The highest BCUT2D eigenvalue weighted by Crippen LogP contribution is 2.30. The summed E-state index contributed by atoms with van der Waals surface area (Å²) in [5, 5.41) is 0. The van der Waals surface area contributed by atoms with Crippen LogP contribution in [0.1, 0.15) is 45.6 Å². The molecule has 0 N–H and O–H groups in total. The summed E-state index contributed by atoms with van der Waals surface area (Å²) in [5.74, 6) is 0.0191. The highest BCUT2D eigenvalue weighted by atomic mass is 32.2. The summed E-state index contributed by atoms with van der Waals surface area (Å²) < 4.78 is 32.3. The van der Waals surface area contributed by atoms with Gasteiger partial charge in [-0.15, -0.1) is 0 Å². The Morgan fingerprint density at radius 3 is 2.28 bits per heavy atom. The van der Waals surface area contributed by atoms with Crippen LogP contribution in [0.2, 0.25) is 0 Å². The first-order chi connectivity index (χ1) is 17.4. The van der Waals surface area contributed by atoms with Crippen LogP contribution in [0.5, 0.6) is 0 Å². The number of fused-ring (bicyclic) bond motifs is 1. The van der Waals surface area contributed by atoms with E-state index in [0.29, 0.717) is 37.9 Å². The minimum atomic E-state index is -3.53. The smallest absolute Gasteiger partial charge is 0.243 e. The van der Waals surface area contributed by atoms with E-state index in [2.05, 4.69) is 36.1 Å². The third kappa shape index (κ3) is 5.30. The molecule has 3 aromatic rings. The lowest BCUT2D eigenvalue weighted by Gasteiger charge is -2.35. The van der Waals surface area contributed by atoms with Gasteiger partial charge in [-0.3, -0.25) is 9.69 Å². The summed E-state index contributed by atoms with van der Waals surface area (Å²) in [7, 11) is -3.53. The van der Waals surface area contributed by atoms with Crippen LogP contribution in [0.25, 0.3) is 0 Å². The van der Waals surface area contributed by atoms with Crippen molar-refractivity contribution in [2.45, 2.75) is 37.2 Å². The van der Waals surface area contributed by atoms with Gasteiger partial charge in [0.15, 0.2) is 5.78 Å². The fraction of sp³-hybridized carbons (Fsp3) is 0.345. The van der Waals surface area contributed by atoms with Crippen LogP contribution in [0.3, 0.4) is 0 Å². The molecule has 1 fully saturated rings. The lowest BCUT2D eigenvalue weighted by Crippen LogP contribution is -2.40. The normalized spacial score (nSPS) is 19.1. The Labute approximate surface area is 213 Å². The molecule has 1 saturated heterocycles. The predicted octanol–water partition coefficient (Wildman–Crippen LogP) is 4.25. The second-order valence-corrected chi connectivity index (χ2v) is 11.5. The first-order valence-electron chi connectivity index (χ1n) is 12.5. The number of benzene rings is 3. The summed E-state index contributed by atoms with van der Waals surface area (Å²) in [6, 6.07) is 23.6. The monoisotopic (exact) mass is 504 g/mol. The molecule has 0 aromatic heterocycles. The van der Waals surface area contributed by atoms with Crippen LogP contribution in [0, 0.1) is 0 Å². The zero-order chi connectivity index (χ0) is 25.1. The van der Waals surface area contributed by atoms with Gasteiger partial charge in [0.05, 0.1) is 18.1 Å². The van der Waals surface area contributed by atoms with Crippen molar-refractivity contribution in [1.29, 1.82) is 0 Å². The molecule has 7 heteroatoms. The van der Waals surface area contributed by atoms with E-state index in [1.165, 1.54) is 21.0 Å². The molecule has 2 heterocycles. The minimum absolute atomic E-state index is 0.0191. The number of ether oxygens (including phenoxy) is 1. The molecule has 5 rings (SSSR count). The Morgan fingerprint density at radius 2 is 1.56 bits per heavy atom. The molecular formula is C29H32N2O4S. The second-order valence-electron chi connectivity index (χ2n) is 9.55. The van der Waals surface area contributed by atoms with Crippen LogP contribution in [-0.4, -0.2) is 56.3 Å². The Bertz CT molecular complexity index is 1310. The summed E-state index contributed by atoms with van der Waals surface area (Å²) >= 11 is 0. The Hall–Kier alpha value is -2.84. The van der Waals surface area contributed by atoms with Gasteiger partial charge in [-0.1, -0.05) is 60.7 Å². The molecule has 0 amide bonds. The van der Waals surface area contributed by atoms with Crippen molar-refractivity contribution < 1.29 is 17.9 Å². The van der Waals surface area contributed by atoms with Gasteiger partial charge < -0.3 is 4.74 Å². The van der Waals surface area contributed by atoms with E-state index >= 15 is 0 Å². The van der Waals surface area contributed by atoms with Crippen LogP contribution in [0.15, 0.2) is 77.7 Å². The van der Waals surface area contributed by atoms with Crippen molar-refractivity contribution in [3.63, 3.8) is 0 Å². The van der Waals surface area contributed by atoms with E-state index < -0.39 is 10.0 Å². The summed E-state index contributed by atoms with van der Waals surface area (Å²) in [4.78, 5) is 15.6. The molecule has 1 atom stereocenters. The topological polar surface area (TPSA) is 66.9 Å². The molecule has 1 unspecified atom stereocenters. The van der Waals surface area contributed by atoms with Crippen molar-refractivity contribution in [3.05, 3.63) is 101 Å². The fourth-order valence-electron chi connectivity index (χ4n) is 5.07. The number of morpholine rings is 1. The molecule has 2 aliphatic rings. The molecule has 0 radical (unpaired) electrons. The third-order valence-electron chi connectivity index (χ3n) is 7.28. The maximum absolute atomic E-state index is 12.9. The van der Waals surface area contributed by atoms with Gasteiger partial charge in [-0.05, 0) is 47.7 Å². The lowest BCUT2D eigenvalue weighted by molar-refractivity contribution is 0.0730. The average Bonchev–Trinajstić information content (AvgIpc) is 2.91. The van der Waals surface area contributed by atoms with Gasteiger partial charge in [0.2, 0.25) is 10.0 Å². The Kier molecular flexibility index (Phi) is 7.34. The first-order valence-corrected chi connectivity index (χ1v) is 14.0. The molecule has 0 aliphatic carbocycles.